The van der Waals surface area contributed by atoms with Crippen LogP contribution < -0.4 is 0 Å². The first kappa shape index (κ1) is 94.6. The van der Waals surface area contributed by atoms with Gasteiger partial charge in [-0.05, 0) is 226 Å². The molecule has 6 aliphatic carbocycles. The Kier molecular flexibility index (Phi) is 24.1. The highest BCUT2D eigenvalue weighted by molar-refractivity contribution is 5.89. The number of benzene rings is 6. The zero-order valence-electron chi connectivity index (χ0n) is 81.6. The first-order valence-electron chi connectivity index (χ1n) is 50.1. The highest BCUT2D eigenvalue weighted by atomic mass is 16.6. The van der Waals surface area contributed by atoms with E-state index in [1.54, 1.807) is 12.1 Å². The monoisotopic (exact) mass is 1870 g/mol. The van der Waals surface area contributed by atoms with Crippen LogP contribution in [-0.2, 0) is 134 Å². The van der Waals surface area contributed by atoms with Gasteiger partial charge in [0.25, 0.3) is 0 Å². The van der Waals surface area contributed by atoms with Crippen molar-refractivity contribution in [2.45, 2.75) is 225 Å². The number of carboxylic acids is 1. The number of methoxy groups -OCH3 is 3. The third-order valence-corrected chi connectivity index (χ3v) is 37.5. The molecule has 24 atom stereocenters. The molecule has 12 heterocycles. The Morgan fingerprint density at radius 1 is 0.328 bits per heavy atom. The molecular weight excluding hydrogens is 1740 g/mol. The van der Waals surface area contributed by atoms with Crippen LogP contribution in [0.4, 0.5) is 0 Å². The summed E-state index contributed by atoms with van der Waals surface area (Å²) in [4.78, 5) is 158. The lowest BCUT2D eigenvalue weighted by atomic mass is 9.74. The fourth-order valence-electron chi connectivity index (χ4n) is 32.7. The number of rotatable bonds is 8. The third kappa shape index (κ3) is 14.4. The second-order valence-electron chi connectivity index (χ2n) is 44.3. The van der Waals surface area contributed by atoms with Crippen LogP contribution in [0, 0.1) is 161 Å². The number of nitrogens with zero attached hydrogens (tertiary/aromatic N) is 8. The average molecular weight is 1870 g/mol. The van der Waals surface area contributed by atoms with Crippen molar-refractivity contribution < 1.29 is 82.2 Å². The molecule has 6 saturated carbocycles. The zero-order valence-corrected chi connectivity index (χ0v) is 81.6. The number of amides is 6. The molecule has 0 aromatic heterocycles. The molecule has 27 heteroatoms. The Bertz CT molecular complexity index is 5750. The molecule has 18 aliphatic rings. The molecule has 726 valence electrons. The fraction of sp³-hybridized carbons (Fsp3) is 0.582. The summed E-state index contributed by atoms with van der Waals surface area (Å²) in [7, 11) is 4.32. The molecule has 12 aliphatic heterocycles. The van der Waals surface area contributed by atoms with E-state index >= 15 is 0 Å². The maximum Gasteiger partial charge on any atom is 0.309 e. The van der Waals surface area contributed by atoms with E-state index in [-0.39, 0.29) is 210 Å². The Balaban J connectivity index is 0.000000105. The van der Waals surface area contributed by atoms with Crippen LogP contribution in [0.1, 0.15) is 213 Å². The van der Waals surface area contributed by atoms with Gasteiger partial charge in [0.1, 0.15) is 5.75 Å². The first-order chi connectivity index (χ1) is 65.3. The number of hydrogen-bond donors (Lipinski definition) is 2. The summed E-state index contributed by atoms with van der Waals surface area (Å²) in [5.41, 5.74) is 19.3. The molecule has 6 aromatic carbocycles. The summed E-state index contributed by atoms with van der Waals surface area (Å²) in [6, 6.07) is 38.0. The maximum atomic E-state index is 12.6. The van der Waals surface area contributed by atoms with E-state index in [2.05, 4.69) is 175 Å². The van der Waals surface area contributed by atoms with Gasteiger partial charge in [-0.25, -0.2) is 0 Å². The van der Waals surface area contributed by atoms with Crippen LogP contribution in [0.2, 0.25) is 0 Å². The maximum absolute atomic E-state index is 12.6. The second-order valence-corrected chi connectivity index (χ2v) is 44.3. The molecule has 6 amide bonds. The highest BCUT2D eigenvalue weighted by Gasteiger charge is 2.72. The second kappa shape index (κ2) is 34.9. The molecular formula is C110H132N8O19. The van der Waals surface area contributed by atoms with Crippen molar-refractivity contribution in [3.8, 4) is 5.75 Å². The largest absolute Gasteiger partial charge is 0.508 e. The number of carbonyl (C=O) groups is 10. The minimum Gasteiger partial charge on any atom is -0.508 e. The third-order valence-electron chi connectivity index (χ3n) is 37.5. The summed E-state index contributed by atoms with van der Waals surface area (Å²) in [6.07, 6.45) is 12.9. The standard InChI is InChI=1S/2C19H23NO3.2C18H22N2O3.C18H21NO4.C18H21NO3/c2*1-11-4-5-14-13(8-11)6-7-20-16(21)9-15-17(18(22)23-3)12(2)10-19(14,15)20;1-11-3-4-15-13(7-11)5-6-19-17(21)8-16-14(10-20(22)23)12(2)9-18(15,16)19;1-11-3-4-13-5-6-19-17(21)8-16-14(10-20(22)23)12(2)9-18(16,19)15(13)7-11;1-10-9-18-13-4-3-12(20)7-11(13)5-6-19(18)15(21)8-14(18)16(10)17(22)23-2;1-10-3-4-13-12(7-10)5-6-19-15(20)8-14-16(17(21)22)11(2)9-18(13,14)19/h2*4-5,8,12,15,17H,6-7,9-10H2,1-3H3;2*3-4,7,12,14,16H,5-6,8-10H2,1-2H3;3-4,7,10,14,16,20H,5-6,8-9H2,1-2H3;3-4,7,11,14,16H,5-6,8-9H2,1-2H3,(H,21,22)/t2*12-,15-,17+,19-;2*12-,14+,16-,18-;10-,14-,16+,18-;11-,14-,16+,18-/m000000/s1. The summed E-state index contributed by atoms with van der Waals surface area (Å²) in [5, 5.41) is 41.7. The molecule has 2 N–H and O–H groups in total. The molecule has 137 heavy (non-hydrogen) atoms. The van der Waals surface area contributed by atoms with Gasteiger partial charge < -0.3 is 53.8 Å². The van der Waals surface area contributed by atoms with Crippen molar-refractivity contribution in [2.75, 3.05) is 73.7 Å². The van der Waals surface area contributed by atoms with Crippen LogP contribution >= 0.6 is 0 Å². The minimum atomic E-state index is -0.747. The summed E-state index contributed by atoms with van der Waals surface area (Å²) in [5.74, 6) is 0.363. The van der Waals surface area contributed by atoms with Gasteiger partial charge in [0.2, 0.25) is 48.5 Å². The smallest absolute Gasteiger partial charge is 0.309 e. The Hall–Kier alpha value is -11.4. The van der Waals surface area contributed by atoms with Gasteiger partial charge in [-0.1, -0.05) is 166 Å². The van der Waals surface area contributed by atoms with E-state index in [0.717, 1.165) is 121 Å². The highest BCUT2D eigenvalue weighted by Crippen LogP contribution is 2.68. The molecule has 0 radical (unpaired) electrons. The number of nitro groups is 2. The van der Waals surface area contributed by atoms with Gasteiger partial charge in [0.15, 0.2) is 0 Å². The number of aryl methyl sites for hydroxylation is 5. The number of aromatic hydroxyl groups is 1. The van der Waals surface area contributed by atoms with E-state index in [9.17, 15) is 78.4 Å². The van der Waals surface area contributed by atoms with Crippen LogP contribution in [0.3, 0.4) is 0 Å². The lowest BCUT2D eigenvalue weighted by Crippen LogP contribution is -2.49. The molecule has 0 bridgehead atoms. The van der Waals surface area contributed by atoms with Crippen molar-refractivity contribution >= 4 is 59.3 Å². The van der Waals surface area contributed by atoms with Crippen molar-refractivity contribution in [3.05, 3.63) is 224 Å². The number of fused-ring (bicyclic) bond motifs is 6. The van der Waals surface area contributed by atoms with Gasteiger partial charge in [0, 0.05) is 135 Å². The summed E-state index contributed by atoms with van der Waals surface area (Å²) in [6.45, 7) is 27.5. The molecule has 6 aromatic rings. The van der Waals surface area contributed by atoms with Crippen molar-refractivity contribution in [2.24, 2.45) is 107 Å². The Morgan fingerprint density at radius 3 is 0.854 bits per heavy atom. The summed E-state index contributed by atoms with van der Waals surface area (Å²) >= 11 is 0. The zero-order chi connectivity index (χ0) is 97.4. The number of hydrogen-bond acceptors (Lipinski definition) is 18. The molecule has 0 unspecified atom stereocenters. The SMILES string of the molecule is COC(=O)[C@@H]1[C@@H](C)C[C@@]23c4ccc(C)cc4CCN2C(=O)C[C@@H]13.COC(=O)[C@@H]1[C@@H](C)C[C@@]23c4ccc(C)cc4CCN2C(=O)C[C@@H]13.COC(=O)[C@@H]1[C@@H](C)C[C@@]23c4ccc(O)cc4CCN2C(=O)C[C@@H]13.Cc1ccc2c(c1)CCN1C(=O)C[C@H]3[C@H](C(=O)O)[C@@H](C)C[C@]231.Cc1ccc2c(c1)CCN1C(=O)C[C@H]3[C@H](C[N+](=O)[O-])[C@@H](C)C[C@]231.Cc1ccc2c(c1)[C@@]13C[C@H](C)[C@@H](C[N+](=O)[O-])[C@@H]1CC(=O)N3CC2. The van der Waals surface area contributed by atoms with Gasteiger partial charge in [-0.2, -0.15) is 0 Å². The number of aliphatic carboxylic acids is 1. The molecule has 24 rings (SSSR count). The number of ether oxygens (including phenoxy) is 3. The van der Waals surface area contributed by atoms with E-state index in [4.69, 9.17) is 14.2 Å². The van der Waals surface area contributed by atoms with Crippen molar-refractivity contribution in [1.29, 1.82) is 0 Å². The van der Waals surface area contributed by atoms with Crippen molar-refractivity contribution in [3.63, 3.8) is 0 Å². The summed E-state index contributed by atoms with van der Waals surface area (Å²) < 4.78 is 15.1. The van der Waals surface area contributed by atoms with Crippen molar-refractivity contribution in [1.82, 2.24) is 29.4 Å². The van der Waals surface area contributed by atoms with Crippen LogP contribution in [0.5, 0.6) is 5.75 Å². The van der Waals surface area contributed by atoms with Crippen LogP contribution in [0.15, 0.2) is 109 Å². The van der Waals surface area contributed by atoms with Gasteiger partial charge in [0.05, 0.1) is 78.2 Å². The normalized spacial score (nSPS) is 35.1. The van der Waals surface area contributed by atoms with E-state index in [1.165, 1.54) is 105 Å². The minimum absolute atomic E-state index is 0.00815. The predicted molar refractivity (Wildman–Crippen MR) is 506 cm³/mol. The van der Waals surface area contributed by atoms with E-state index in [0.29, 0.717) is 45.1 Å². The van der Waals surface area contributed by atoms with Crippen LogP contribution in [0.25, 0.3) is 0 Å². The topological polar surface area (TPSA) is 345 Å². The van der Waals surface area contributed by atoms with Gasteiger partial charge >= 0.3 is 23.9 Å². The number of carboxylic acid groups (broad SMARTS) is 1. The lowest BCUT2D eigenvalue weighted by Gasteiger charge is -2.44. The fourth-order valence-corrected chi connectivity index (χ4v) is 32.7. The van der Waals surface area contributed by atoms with E-state index < -0.39 is 17.4 Å². The number of phenolic OH excluding ortho intramolecular Hbond substituents is 1. The Morgan fingerprint density at radius 2 is 0.562 bits per heavy atom. The Labute approximate surface area is 801 Å². The van der Waals surface area contributed by atoms with E-state index in [1.807, 2.05) is 27.7 Å². The number of esters is 3. The molecule has 6 spiro atoms. The quantitative estimate of drug-likeness (QED) is 0.0618. The first-order valence-corrected chi connectivity index (χ1v) is 50.1. The number of carbonyl (C=O) groups excluding carboxylic acids is 9. The molecule has 12 fully saturated rings. The van der Waals surface area contributed by atoms with Gasteiger partial charge in [-0.3, -0.25) is 68.2 Å². The predicted octanol–water partition coefficient (Wildman–Crippen LogP) is 14.1. The van der Waals surface area contributed by atoms with Crippen LogP contribution in [-0.4, -0.2) is 182 Å². The average Bonchev–Trinajstić information content (AvgIpc) is 1.94. The molecule has 6 saturated heterocycles. The lowest BCUT2D eigenvalue weighted by molar-refractivity contribution is -0.491. The number of phenols is 1. The van der Waals surface area contributed by atoms with Gasteiger partial charge in [-0.15, -0.1) is 0 Å². The molecule has 27 nitrogen and oxygen atoms in total.